The summed E-state index contributed by atoms with van der Waals surface area (Å²) in [6, 6.07) is 26.1. The Balaban J connectivity index is 1.60. The number of hydrogen-bond donors (Lipinski definition) is 1. The Morgan fingerprint density at radius 1 is 0.923 bits per heavy atom. The first-order valence-corrected chi connectivity index (χ1v) is 14.4. The molecule has 1 aliphatic heterocycles. The summed E-state index contributed by atoms with van der Waals surface area (Å²) in [5.41, 5.74) is 9.48. The van der Waals surface area contributed by atoms with Crippen molar-refractivity contribution in [3.8, 4) is 5.69 Å². The molecule has 2 aromatic carbocycles. The van der Waals surface area contributed by atoms with E-state index in [9.17, 15) is 0 Å². The van der Waals surface area contributed by atoms with Crippen molar-refractivity contribution in [2.24, 2.45) is 0 Å². The average molecular weight is 538 g/mol. The minimum atomic E-state index is -0.0672. The number of nitrogens with zero attached hydrogens (tertiary/aromatic N) is 4. The highest BCUT2D eigenvalue weighted by atomic mass is 32.1. The lowest BCUT2D eigenvalue weighted by atomic mass is 9.96. The van der Waals surface area contributed by atoms with Gasteiger partial charge in [0, 0.05) is 47.7 Å². The molecule has 0 amide bonds. The Labute approximate surface area is 238 Å². The Morgan fingerprint density at radius 3 is 2.18 bits per heavy atom. The van der Waals surface area contributed by atoms with E-state index in [1.54, 1.807) is 0 Å². The monoisotopic (exact) mass is 537 g/mol. The summed E-state index contributed by atoms with van der Waals surface area (Å²) < 4.78 is 2.36. The predicted octanol–water partition coefficient (Wildman–Crippen LogP) is 7.64. The molecule has 1 saturated heterocycles. The van der Waals surface area contributed by atoms with E-state index in [-0.39, 0.29) is 12.1 Å². The molecule has 5 nitrogen and oxygen atoms in total. The normalized spacial score (nSPS) is 17.1. The molecule has 4 aromatic rings. The van der Waals surface area contributed by atoms with Gasteiger partial charge in [-0.05, 0) is 112 Å². The van der Waals surface area contributed by atoms with Gasteiger partial charge in [0.2, 0.25) is 0 Å². The summed E-state index contributed by atoms with van der Waals surface area (Å²) in [5, 5.41) is 4.34. The number of aromatic nitrogens is 2. The maximum atomic E-state index is 5.97. The van der Waals surface area contributed by atoms with Crippen molar-refractivity contribution in [2.45, 2.75) is 59.5 Å². The van der Waals surface area contributed by atoms with Crippen LogP contribution in [0.25, 0.3) is 5.69 Å². The van der Waals surface area contributed by atoms with E-state index in [1.165, 1.54) is 33.9 Å². The fourth-order valence-electron chi connectivity index (χ4n) is 5.85. The molecular weight excluding hydrogens is 498 g/mol. The second-order valence-electron chi connectivity index (χ2n) is 10.6. The van der Waals surface area contributed by atoms with Gasteiger partial charge in [-0.1, -0.05) is 32.0 Å². The van der Waals surface area contributed by atoms with Crippen LogP contribution < -0.4 is 15.1 Å². The van der Waals surface area contributed by atoms with Gasteiger partial charge in [0.05, 0.1) is 17.8 Å². The van der Waals surface area contributed by atoms with E-state index in [1.807, 2.05) is 18.3 Å². The maximum Gasteiger partial charge on any atom is 0.174 e. The van der Waals surface area contributed by atoms with Crippen molar-refractivity contribution in [1.82, 2.24) is 14.9 Å². The van der Waals surface area contributed by atoms with Gasteiger partial charge in [-0.3, -0.25) is 4.98 Å². The van der Waals surface area contributed by atoms with Crippen LogP contribution >= 0.6 is 12.2 Å². The minimum absolute atomic E-state index is 0.0350. The topological polar surface area (TPSA) is 36.3 Å². The van der Waals surface area contributed by atoms with Crippen LogP contribution in [0.4, 0.5) is 11.4 Å². The first kappa shape index (κ1) is 26.9. The number of nitrogens with one attached hydrogen (secondary N) is 1. The Hall–Kier alpha value is -3.64. The Kier molecular flexibility index (Phi) is 7.76. The van der Waals surface area contributed by atoms with Crippen molar-refractivity contribution in [3.05, 3.63) is 107 Å². The molecule has 0 saturated carbocycles. The van der Waals surface area contributed by atoms with Crippen LogP contribution in [0.15, 0.2) is 79.0 Å². The average Bonchev–Trinajstić information content (AvgIpc) is 3.45. The van der Waals surface area contributed by atoms with Crippen molar-refractivity contribution in [2.75, 3.05) is 22.9 Å². The lowest BCUT2D eigenvalue weighted by Gasteiger charge is -2.28. The van der Waals surface area contributed by atoms with Crippen molar-refractivity contribution in [1.29, 1.82) is 0 Å². The van der Waals surface area contributed by atoms with Gasteiger partial charge in [0.25, 0.3) is 0 Å². The van der Waals surface area contributed by atoms with Crippen LogP contribution in [-0.4, -0.2) is 27.8 Å². The SMILES string of the molecule is CCN(CC)c1ccc(-n2c(C)cc([C@H]3[C@H](c4ccccn4)NC(=S)N3c3ccc(C(C)C)cc3)c2C)cc1. The summed E-state index contributed by atoms with van der Waals surface area (Å²) in [5.74, 6) is 0.479. The quantitative estimate of drug-likeness (QED) is 0.234. The zero-order chi connectivity index (χ0) is 27.7. The molecule has 0 aliphatic carbocycles. The molecule has 0 spiro atoms. The van der Waals surface area contributed by atoms with Gasteiger partial charge < -0.3 is 19.7 Å². The zero-order valence-electron chi connectivity index (χ0n) is 23.8. The van der Waals surface area contributed by atoms with Crippen LogP contribution in [0.1, 0.15) is 73.9 Å². The largest absolute Gasteiger partial charge is 0.372 e. The summed E-state index contributed by atoms with van der Waals surface area (Å²) >= 11 is 5.97. The molecule has 1 N–H and O–H groups in total. The minimum Gasteiger partial charge on any atom is -0.372 e. The molecule has 3 heterocycles. The van der Waals surface area contributed by atoms with E-state index in [2.05, 4.69) is 122 Å². The summed E-state index contributed by atoms with van der Waals surface area (Å²) in [7, 11) is 0. The van der Waals surface area contributed by atoms with Crippen molar-refractivity contribution in [3.63, 3.8) is 0 Å². The van der Waals surface area contributed by atoms with E-state index < -0.39 is 0 Å². The van der Waals surface area contributed by atoms with Crippen LogP contribution in [0.3, 0.4) is 0 Å². The molecule has 39 heavy (non-hydrogen) atoms. The molecule has 0 bridgehead atoms. The van der Waals surface area contributed by atoms with E-state index in [4.69, 9.17) is 17.2 Å². The van der Waals surface area contributed by atoms with Crippen LogP contribution in [0.5, 0.6) is 0 Å². The van der Waals surface area contributed by atoms with Crippen molar-refractivity contribution < 1.29 is 0 Å². The molecule has 0 radical (unpaired) electrons. The van der Waals surface area contributed by atoms with Gasteiger partial charge in [-0.2, -0.15) is 0 Å². The van der Waals surface area contributed by atoms with Gasteiger partial charge >= 0.3 is 0 Å². The van der Waals surface area contributed by atoms with Crippen LogP contribution in [0, 0.1) is 13.8 Å². The predicted molar refractivity (Wildman–Crippen MR) is 167 cm³/mol. The van der Waals surface area contributed by atoms with Gasteiger partial charge in [-0.25, -0.2) is 0 Å². The lowest BCUT2D eigenvalue weighted by Crippen LogP contribution is -2.29. The molecule has 5 rings (SSSR count). The smallest absolute Gasteiger partial charge is 0.174 e. The third-order valence-electron chi connectivity index (χ3n) is 7.96. The molecule has 202 valence electrons. The Bertz CT molecular complexity index is 1420. The number of pyridine rings is 1. The number of benzene rings is 2. The third-order valence-corrected chi connectivity index (χ3v) is 8.28. The highest BCUT2D eigenvalue weighted by Gasteiger charge is 2.42. The maximum absolute atomic E-state index is 5.97. The van der Waals surface area contributed by atoms with Crippen molar-refractivity contribution >= 4 is 28.7 Å². The van der Waals surface area contributed by atoms with E-state index in [0.717, 1.165) is 29.6 Å². The Morgan fingerprint density at radius 2 is 1.59 bits per heavy atom. The van der Waals surface area contributed by atoms with E-state index >= 15 is 0 Å². The molecule has 2 atom stereocenters. The van der Waals surface area contributed by atoms with Crippen LogP contribution in [-0.2, 0) is 0 Å². The lowest BCUT2D eigenvalue weighted by molar-refractivity contribution is 0.565. The number of aryl methyl sites for hydroxylation is 1. The summed E-state index contributed by atoms with van der Waals surface area (Å²) in [4.78, 5) is 9.38. The molecule has 0 unspecified atom stereocenters. The standard InChI is InChI=1S/C33H39N5S/c1-7-36(8-2)26-16-18-27(19-17-26)37-23(5)21-29(24(37)6)32-31(30-11-9-10-20-34-30)35-33(39)38(32)28-14-12-25(13-15-28)22(3)4/h9-22,31-32H,7-8H2,1-6H3,(H,35,39)/t31-,32-/m0/s1. The fraction of sp³-hybridized carbons (Fsp3) is 0.333. The zero-order valence-corrected chi connectivity index (χ0v) is 24.7. The highest BCUT2D eigenvalue weighted by molar-refractivity contribution is 7.80. The van der Waals surface area contributed by atoms with Gasteiger partial charge in [0.1, 0.15) is 0 Å². The molecule has 6 heteroatoms. The molecular formula is C33H39N5S. The first-order chi connectivity index (χ1) is 18.8. The number of rotatable bonds is 8. The molecule has 2 aromatic heterocycles. The van der Waals surface area contributed by atoms with Crippen LogP contribution in [0.2, 0.25) is 0 Å². The summed E-state index contributed by atoms with van der Waals surface area (Å²) in [6.07, 6.45) is 1.86. The summed E-state index contributed by atoms with van der Waals surface area (Å²) in [6.45, 7) is 15.2. The third kappa shape index (κ3) is 5.06. The first-order valence-electron chi connectivity index (χ1n) is 14.0. The fourth-order valence-corrected chi connectivity index (χ4v) is 6.20. The van der Waals surface area contributed by atoms with Gasteiger partial charge in [-0.15, -0.1) is 0 Å². The second-order valence-corrected chi connectivity index (χ2v) is 11.0. The van der Waals surface area contributed by atoms with E-state index in [0.29, 0.717) is 5.92 Å². The highest BCUT2D eigenvalue weighted by Crippen LogP contribution is 2.44. The number of thiocarbonyl (C=S) groups is 1. The molecule has 1 aliphatic rings. The molecule has 1 fully saturated rings. The second kappa shape index (κ2) is 11.2. The van der Waals surface area contributed by atoms with Gasteiger partial charge in [0.15, 0.2) is 5.11 Å². The number of hydrogen-bond acceptors (Lipinski definition) is 3. The number of anilines is 2.